The summed E-state index contributed by atoms with van der Waals surface area (Å²) in [5.74, 6) is -6.96. The largest absolute Gasteiger partial charge is 0.480 e. The summed E-state index contributed by atoms with van der Waals surface area (Å²) in [6.07, 6.45) is 12.9. The number of rotatable bonds is 53. The number of unbranched alkanes of at least 4 members (excludes halogenated alkanes) is 5. The molecule has 36 nitrogen and oxygen atoms in total. The first-order chi connectivity index (χ1) is 66.2. The SMILES string of the molecule is CC.CC(=O)Nc1ccc(C(=O)Nc2ccccc2N)cc1.CC(CCCCCC(=O)NO)C(=O)Nc1ccccc1.CNC(=O)[C@H](NC(=O)[C@H](CS(=O)(=O)CCOP(=O)(N(CCCl)CCCl)N(CCCl)CCCl)NC(=O)CCC(N)C(=O)O)c1ccccc1.Cc1ccc(NC(=O)CCCCCCC(=O)NO)cc1.O=C(/C=C/c1ccc(CN(CCO)CCc2c[nH]c3ccccc23)cc1)NO. The van der Waals surface area contributed by atoms with E-state index < -0.39 is 89.8 Å². The number of halogens is 4. The molecule has 8 rings (SSSR count). The van der Waals surface area contributed by atoms with E-state index in [-0.39, 0.29) is 104 Å². The number of carbonyl (C=O) groups is 11. The number of amides is 10. The van der Waals surface area contributed by atoms with Crippen molar-refractivity contribution in [2.24, 2.45) is 11.7 Å². The highest BCUT2D eigenvalue weighted by Crippen LogP contribution is 2.54. The van der Waals surface area contributed by atoms with Crippen molar-refractivity contribution < 1.29 is 96.1 Å². The molecular formula is C96H133Cl4N16O20PS. The maximum atomic E-state index is 14.2. The number of hydrogen-bond donors (Lipinski definition) is 18. The van der Waals surface area contributed by atoms with Gasteiger partial charge in [0.25, 0.3) is 11.8 Å². The number of likely N-dealkylation sites (N-methyl/N-ethyl adjacent to an activating group) is 1. The fourth-order valence-electron chi connectivity index (χ4n) is 12.9. The van der Waals surface area contributed by atoms with Crippen LogP contribution in [-0.4, -0.2) is 225 Å². The number of nitrogens with one attached hydrogen (secondary N) is 11. The number of hydrogen-bond acceptors (Lipinski definition) is 22. The molecule has 0 saturated heterocycles. The molecule has 42 heteroatoms. The first kappa shape index (κ1) is 121. The molecule has 2 unspecified atom stereocenters. The lowest BCUT2D eigenvalue weighted by molar-refractivity contribution is -0.139. The predicted molar refractivity (Wildman–Crippen MR) is 542 cm³/mol. The van der Waals surface area contributed by atoms with E-state index in [0.717, 1.165) is 104 Å². The number of nitrogen functional groups attached to an aromatic ring is 1. The fourth-order valence-corrected chi connectivity index (χ4v) is 18.0. The van der Waals surface area contributed by atoms with E-state index in [1.165, 1.54) is 40.3 Å². The smallest absolute Gasteiger partial charge is 0.346 e. The number of aryl methyl sites for hydroxylation is 1. The molecule has 1 aromatic heterocycles. The van der Waals surface area contributed by atoms with Crippen LogP contribution in [0.1, 0.15) is 155 Å². The van der Waals surface area contributed by atoms with Crippen LogP contribution in [0.25, 0.3) is 17.0 Å². The van der Waals surface area contributed by atoms with Crippen molar-refractivity contribution in [2.45, 2.75) is 149 Å². The van der Waals surface area contributed by atoms with E-state index >= 15 is 0 Å². The molecule has 8 aromatic rings. The van der Waals surface area contributed by atoms with Crippen LogP contribution in [0, 0.1) is 12.8 Å². The van der Waals surface area contributed by atoms with Gasteiger partial charge in [-0.05, 0) is 141 Å². The number of nitrogens with two attached hydrogens (primary N) is 2. The number of anilines is 5. The molecule has 138 heavy (non-hydrogen) atoms. The highest BCUT2D eigenvalue weighted by molar-refractivity contribution is 7.91. The minimum absolute atomic E-state index is 0.0157. The predicted octanol–water partition coefficient (Wildman–Crippen LogP) is 13.1. The number of aromatic nitrogens is 1. The molecule has 0 aliphatic carbocycles. The molecule has 4 atom stereocenters. The summed E-state index contributed by atoms with van der Waals surface area (Å²) in [7, 11) is -6.85. The van der Waals surface area contributed by atoms with Gasteiger partial charge in [-0.3, -0.25) is 77.8 Å². The Balaban J connectivity index is 0.000000466. The minimum atomic E-state index is -4.25. The van der Waals surface area contributed by atoms with Crippen LogP contribution in [-0.2, 0) is 79.8 Å². The summed E-state index contributed by atoms with van der Waals surface area (Å²) in [4.78, 5) is 135. The Labute approximate surface area is 826 Å². The van der Waals surface area contributed by atoms with Gasteiger partial charge in [-0.15, -0.1) is 46.4 Å². The molecule has 0 fully saturated rings. The molecule has 0 bridgehead atoms. The number of carboxylic acids is 1. The second kappa shape index (κ2) is 69.6. The van der Waals surface area contributed by atoms with Gasteiger partial charge in [0.15, 0.2) is 9.84 Å². The van der Waals surface area contributed by atoms with Crippen LogP contribution < -0.4 is 65.1 Å². The van der Waals surface area contributed by atoms with E-state index in [4.69, 9.17) is 83.1 Å². The average Bonchev–Trinajstić information content (AvgIpc) is 1.04. The summed E-state index contributed by atoms with van der Waals surface area (Å²) >= 11 is 23.7. The van der Waals surface area contributed by atoms with Crippen molar-refractivity contribution in [3.05, 3.63) is 228 Å². The van der Waals surface area contributed by atoms with Gasteiger partial charge in [-0.2, -0.15) is 0 Å². The van der Waals surface area contributed by atoms with Crippen LogP contribution in [0.5, 0.6) is 0 Å². The van der Waals surface area contributed by atoms with Gasteiger partial charge in [0.05, 0.1) is 36.1 Å². The number of para-hydroxylation sites is 4. The quantitative estimate of drug-likeness (QED) is 0.00320. The normalized spacial score (nSPS) is 11.8. The van der Waals surface area contributed by atoms with Crippen LogP contribution in [0.3, 0.4) is 0 Å². The van der Waals surface area contributed by atoms with Crippen molar-refractivity contribution >= 4 is 174 Å². The summed E-state index contributed by atoms with van der Waals surface area (Å²) < 4.78 is 49.5. The van der Waals surface area contributed by atoms with Gasteiger partial charge in [0.1, 0.15) is 18.1 Å². The van der Waals surface area contributed by atoms with E-state index in [0.29, 0.717) is 54.0 Å². The van der Waals surface area contributed by atoms with Crippen LogP contribution in [0.4, 0.5) is 28.4 Å². The minimum Gasteiger partial charge on any atom is -0.480 e. The maximum Gasteiger partial charge on any atom is 0.346 e. The summed E-state index contributed by atoms with van der Waals surface area (Å²) in [6.45, 7) is 11.4. The lowest BCUT2D eigenvalue weighted by atomic mass is 10.0. The Morgan fingerprint density at radius 1 is 0.565 bits per heavy atom. The number of carboxylic acid groups (broad SMARTS) is 1. The Hall–Kier alpha value is -11.2. The lowest BCUT2D eigenvalue weighted by Gasteiger charge is -2.37. The molecule has 0 aliphatic heterocycles. The number of aliphatic hydroxyl groups is 1. The summed E-state index contributed by atoms with van der Waals surface area (Å²) in [6, 6.07) is 50.7. The summed E-state index contributed by atoms with van der Waals surface area (Å²) in [5.41, 5.74) is 25.8. The number of hydroxylamine groups is 3. The number of aromatic amines is 1. The number of sulfone groups is 1. The Kier molecular flexibility index (Phi) is 61.0. The van der Waals surface area contributed by atoms with Crippen LogP contribution in [0.15, 0.2) is 194 Å². The van der Waals surface area contributed by atoms with Gasteiger partial charge >= 0.3 is 13.6 Å². The number of aliphatic hydroxyl groups excluding tert-OH is 1. The molecule has 7 aromatic carbocycles. The molecule has 10 amide bonds. The van der Waals surface area contributed by atoms with Gasteiger partial charge < -0.3 is 68.4 Å². The molecule has 1 heterocycles. The third-order valence-corrected chi connectivity index (χ3v) is 25.4. The molecule has 0 saturated carbocycles. The van der Waals surface area contributed by atoms with Gasteiger partial charge in [0.2, 0.25) is 47.3 Å². The zero-order valence-corrected chi connectivity index (χ0v) is 83.3. The van der Waals surface area contributed by atoms with Crippen molar-refractivity contribution in [1.82, 2.24) is 51.6 Å². The number of nitrogens with zero attached hydrogens (tertiary/aromatic N) is 3. The number of carbonyl (C=O) groups excluding carboxylic acids is 10. The topological polar surface area (TPSA) is 547 Å². The highest BCUT2D eigenvalue weighted by atomic mass is 35.5. The zero-order chi connectivity index (χ0) is 102. The number of benzene rings is 7. The number of aliphatic carboxylic acids is 1. The second-order valence-electron chi connectivity index (χ2n) is 30.9. The number of alkyl halides is 4. The van der Waals surface area contributed by atoms with Crippen LogP contribution in [0.2, 0.25) is 0 Å². The van der Waals surface area contributed by atoms with Gasteiger partial charge in [-0.1, -0.05) is 167 Å². The number of H-pyrrole nitrogens is 1. The van der Waals surface area contributed by atoms with E-state index in [1.54, 1.807) is 101 Å². The third kappa shape index (κ3) is 48.9. The summed E-state index contributed by atoms with van der Waals surface area (Å²) in [5, 5.41) is 63.2. The van der Waals surface area contributed by atoms with E-state index in [9.17, 15) is 70.8 Å². The van der Waals surface area contributed by atoms with Crippen LogP contribution >= 0.6 is 54.1 Å². The first-order valence-electron chi connectivity index (χ1n) is 44.9. The van der Waals surface area contributed by atoms with Gasteiger partial charge in [0, 0.05) is 161 Å². The molecule has 0 radical (unpaired) electrons. The molecule has 0 aliphatic rings. The molecule has 20 N–H and O–H groups in total. The highest BCUT2D eigenvalue weighted by Gasteiger charge is 2.39. The monoisotopic (exact) mass is 2030 g/mol. The van der Waals surface area contributed by atoms with Crippen molar-refractivity contribution in [2.75, 3.05) is 122 Å². The lowest BCUT2D eigenvalue weighted by Crippen LogP contribution is -2.53. The first-order valence-corrected chi connectivity index (χ1v) is 50.4. The van der Waals surface area contributed by atoms with E-state index in [1.807, 2.05) is 119 Å². The third-order valence-electron chi connectivity index (χ3n) is 20.3. The maximum absolute atomic E-state index is 14.2. The van der Waals surface area contributed by atoms with E-state index in [2.05, 4.69) is 65.4 Å². The zero-order valence-electron chi connectivity index (χ0n) is 78.6. The number of fused-ring (bicyclic) bond motifs is 1. The Morgan fingerprint density at radius 3 is 1.64 bits per heavy atom. The standard InChI is InChI=1S/C27H43Cl4N6O9PS.C22H25N3O3.C15H15N3O2.2C15H22N2O3.C2H6/c1-33-26(40)24(20-5-3-2-4-6-20)35-25(39)22(34-23(38)8-7-21(32)27(41)42)19-48(44,45)18-17-46-47(43,36(13-9-28)14-10-29)37(15-11-30)16-12-31;26-14-13-25(12-11-19-15-23-21-4-2-1-3-20(19)21)16-18-7-5-17(6-8-18)9-10-22(27)24-28;1-10(19)17-12-8-6-11(7-9-12)15(20)18-14-5-3-2-4-13(14)16;1-12(8-4-2-7-11-14(18)17-20)15(19)16-13-9-5-3-6-10-13;1-12-8-10-13(11-9-12)16-14(18)6-4-2-3-5-7-15(19)17-20;1-2/h2-6,21-22,24H,7-19,32H2,1H3,(H,33,40)(H,34,38)(H,35,39)(H,41,42);1-10,15,23,26,28H,11-14,16H2,(H,24,27);2-9H,16H2,1H3,(H,17,19)(H,18,20);3,5-6,9-10,12,20H,2,4,7-8,11H2,1H3,(H,16,19)(H,17,18);8-11,20H,2-7H2,1H3,(H,16,18)(H,17,19);1-2H3/b;10-9+;;;;/t21?,22-,24+;;;;;/m0...../s1. The fraction of sp³-hybridized carbons (Fsp3) is 0.406. The Morgan fingerprint density at radius 2 is 1.09 bits per heavy atom. The average molecular weight is 2040 g/mol. The van der Waals surface area contributed by atoms with Crippen molar-refractivity contribution in [1.29, 1.82) is 0 Å². The van der Waals surface area contributed by atoms with Crippen molar-refractivity contribution in [3.8, 4) is 0 Å². The molecule has 756 valence electrons. The molecular weight excluding hydrogens is 1900 g/mol. The van der Waals surface area contributed by atoms with Gasteiger partial charge in [-0.25, -0.2) is 34.2 Å². The Bertz CT molecular complexity index is 5150. The second-order valence-corrected chi connectivity index (χ2v) is 37.0. The molecule has 0 spiro atoms. The van der Waals surface area contributed by atoms with Crippen molar-refractivity contribution in [3.63, 3.8) is 0 Å².